The number of benzene rings is 17. The van der Waals surface area contributed by atoms with Crippen LogP contribution in [0.15, 0.2) is 358 Å². The standard InChI is InChI=1S/C109H59N3/c1-111-95-60-97-99(103-101(95)107(84-44-18-7-32-69(84)70-33-8-19-45-85(70)107)91-51-25-27-53-93(91)109(103)88-48-22-11-36-73(88)74-37-12-23-49-89(74)109)78-57-63(62-54-55-76-75-38-4-15-41-81(75)105(94(76)58-62)79-39-13-2-28-65(79)66-29-3-14-40-80(66)105)56-77-98-96(112(97)104(77)78)59-64(61-110)100-102(98)108(86-46-20-9-34-71(86)72-35-10-21-47-87(72)108)92-52-26-24-50-90(92)106(100)82-42-16-5-30-67(82)68-31-6-17-43-83(68)106/h2-60H. The van der Waals surface area contributed by atoms with Crippen LogP contribution in [-0.4, -0.2) is 4.40 Å². The zero-order valence-corrected chi connectivity index (χ0v) is 60.4. The lowest BCUT2D eigenvalue weighted by atomic mass is 9.51. The van der Waals surface area contributed by atoms with Crippen molar-refractivity contribution in [2.24, 2.45) is 0 Å². The minimum Gasteiger partial charge on any atom is -0.309 e. The van der Waals surface area contributed by atoms with Crippen molar-refractivity contribution in [3.8, 4) is 84.0 Å². The third-order valence-corrected chi connectivity index (χ3v) is 28.3. The zero-order chi connectivity index (χ0) is 73.0. The number of aromatic nitrogens is 1. The lowest BCUT2D eigenvalue weighted by Crippen LogP contribution is -2.44. The third kappa shape index (κ3) is 6.25. The van der Waals surface area contributed by atoms with Crippen LogP contribution >= 0.6 is 0 Å². The molecule has 0 saturated carbocycles. The Morgan fingerprint density at radius 1 is 0.241 bits per heavy atom. The van der Waals surface area contributed by atoms with Gasteiger partial charge in [0.05, 0.1) is 56.3 Å². The summed E-state index contributed by atoms with van der Waals surface area (Å²) in [5.41, 5.74) is 39.9. The van der Waals surface area contributed by atoms with Crippen molar-refractivity contribution in [2.75, 3.05) is 0 Å². The van der Waals surface area contributed by atoms with Gasteiger partial charge >= 0.3 is 0 Å². The van der Waals surface area contributed by atoms with E-state index in [-0.39, 0.29) is 0 Å². The van der Waals surface area contributed by atoms with Gasteiger partial charge in [0, 0.05) is 27.1 Å². The van der Waals surface area contributed by atoms with E-state index in [0.717, 1.165) is 71.5 Å². The second kappa shape index (κ2) is 20.3. The summed E-state index contributed by atoms with van der Waals surface area (Å²) in [5.74, 6) is 0. The van der Waals surface area contributed by atoms with Gasteiger partial charge in [0.25, 0.3) is 0 Å². The molecule has 0 saturated heterocycles. The molecular weight excluding hydrogens is 1350 g/mol. The Bertz CT molecular complexity index is 7170. The van der Waals surface area contributed by atoms with Crippen molar-refractivity contribution >= 4 is 43.8 Å². The summed E-state index contributed by atoms with van der Waals surface area (Å²) >= 11 is 0. The molecule has 0 N–H and O–H groups in total. The molecule has 0 bridgehead atoms. The Balaban J connectivity index is 0.901. The van der Waals surface area contributed by atoms with E-state index in [9.17, 15) is 11.8 Å². The molecule has 0 aliphatic heterocycles. The van der Waals surface area contributed by atoms with Crippen molar-refractivity contribution in [3.63, 3.8) is 0 Å². The maximum Gasteiger partial charge on any atom is 0.194 e. The number of hydrogen-bond acceptors (Lipinski definition) is 1. The molecule has 8 aliphatic rings. The highest BCUT2D eigenvalue weighted by Gasteiger charge is 2.64. The van der Waals surface area contributed by atoms with E-state index in [4.69, 9.17) is 4.85 Å². The Hall–Kier alpha value is -14.5. The summed E-state index contributed by atoms with van der Waals surface area (Å²) in [6.07, 6.45) is 0. The topological polar surface area (TPSA) is 32.6 Å². The zero-order valence-electron chi connectivity index (χ0n) is 60.4. The summed E-state index contributed by atoms with van der Waals surface area (Å²) in [6.45, 7) is 10.2. The molecule has 2 heterocycles. The molecule has 5 spiro atoms. The van der Waals surface area contributed by atoms with Crippen LogP contribution in [0.2, 0.25) is 0 Å². The van der Waals surface area contributed by atoms with Crippen molar-refractivity contribution in [2.45, 2.75) is 27.1 Å². The summed E-state index contributed by atoms with van der Waals surface area (Å²) in [4.78, 5) is 5.05. The molecule has 0 fully saturated rings. The van der Waals surface area contributed by atoms with Crippen LogP contribution < -0.4 is 0 Å². The van der Waals surface area contributed by atoms with E-state index in [0.29, 0.717) is 11.3 Å². The number of rotatable bonds is 1. The van der Waals surface area contributed by atoms with Crippen LogP contribution in [0.3, 0.4) is 0 Å². The lowest BCUT2D eigenvalue weighted by Gasteiger charge is -2.50. The highest BCUT2D eigenvalue weighted by atomic mass is 14.9. The maximum absolute atomic E-state index is 13.1. The van der Waals surface area contributed by atoms with Crippen LogP contribution in [0.1, 0.15) is 117 Å². The normalized spacial score (nSPS) is 15.7. The second-order valence-corrected chi connectivity index (χ2v) is 32.2. The number of fused-ring (bicyclic) bond motifs is 50. The first kappa shape index (κ1) is 59.5. The van der Waals surface area contributed by atoms with E-state index in [1.807, 2.05) is 0 Å². The number of hydrogen-bond donors (Lipinski definition) is 0. The Morgan fingerprint density at radius 2 is 0.500 bits per heavy atom. The summed E-state index contributed by atoms with van der Waals surface area (Å²) in [7, 11) is 0. The fraction of sp³-hybridized carbons (Fsp3) is 0.0459. The van der Waals surface area contributed by atoms with Gasteiger partial charge in [0.1, 0.15) is 0 Å². The van der Waals surface area contributed by atoms with E-state index in [1.165, 1.54) is 156 Å². The van der Waals surface area contributed by atoms with Crippen LogP contribution in [0.4, 0.5) is 5.69 Å². The fourth-order valence-electron chi connectivity index (χ4n) is 25.0. The summed E-state index contributed by atoms with van der Waals surface area (Å²) in [5, 5.41) is 17.5. The van der Waals surface area contributed by atoms with Gasteiger partial charge in [-0.3, -0.25) is 0 Å². The van der Waals surface area contributed by atoms with Gasteiger partial charge in [-0.25, -0.2) is 4.85 Å². The molecule has 3 nitrogen and oxygen atoms in total. The highest BCUT2D eigenvalue weighted by molar-refractivity contribution is 6.28. The van der Waals surface area contributed by atoms with E-state index in [1.54, 1.807) is 0 Å². The predicted octanol–water partition coefficient (Wildman–Crippen LogP) is 25.3. The van der Waals surface area contributed by atoms with Crippen LogP contribution in [0.25, 0.3) is 121 Å². The monoisotopic (exact) mass is 1410 g/mol. The Morgan fingerprint density at radius 3 is 0.812 bits per heavy atom. The molecular formula is C109H59N3. The van der Waals surface area contributed by atoms with Crippen LogP contribution in [-0.2, 0) is 27.1 Å². The van der Waals surface area contributed by atoms with Crippen molar-refractivity contribution in [3.05, 3.63) is 486 Å². The molecule has 8 aliphatic carbocycles. The maximum atomic E-state index is 13.1. The van der Waals surface area contributed by atoms with Gasteiger partial charge in [0.2, 0.25) is 0 Å². The Labute approximate surface area is 646 Å². The molecule has 3 heteroatoms. The van der Waals surface area contributed by atoms with Crippen molar-refractivity contribution < 1.29 is 0 Å². The number of nitrogens with zero attached hydrogens (tertiary/aromatic N) is 3. The molecule has 19 aromatic rings. The van der Waals surface area contributed by atoms with E-state index >= 15 is 0 Å². The van der Waals surface area contributed by atoms with Crippen LogP contribution in [0, 0.1) is 17.9 Å². The molecule has 2 aromatic heterocycles. The third-order valence-electron chi connectivity index (χ3n) is 28.3. The average molecular weight is 1410 g/mol. The van der Waals surface area contributed by atoms with Gasteiger partial charge in [-0.2, -0.15) is 5.26 Å². The molecule has 0 radical (unpaired) electrons. The fourth-order valence-corrected chi connectivity index (χ4v) is 25.0. The van der Waals surface area contributed by atoms with Crippen LogP contribution in [0.5, 0.6) is 0 Å². The predicted molar refractivity (Wildman–Crippen MR) is 450 cm³/mol. The van der Waals surface area contributed by atoms with Gasteiger partial charge in [-0.1, -0.05) is 328 Å². The highest BCUT2D eigenvalue weighted by Crippen LogP contribution is 2.74. The quantitative estimate of drug-likeness (QED) is 0.151. The first-order valence-corrected chi connectivity index (χ1v) is 39.1. The van der Waals surface area contributed by atoms with E-state index in [2.05, 4.69) is 368 Å². The minimum atomic E-state index is -0.980. The first-order valence-electron chi connectivity index (χ1n) is 39.1. The largest absolute Gasteiger partial charge is 0.309 e. The molecule has 0 atom stereocenters. The molecule has 0 amide bonds. The summed E-state index contributed by atoms with van der Waals surface area (Å²) < 4.78 is 2.56. The Kier molecular flexibility index (Phi) is 10.8. The van der Waals surface area contributed by atoms with Gasteiger partial charge < -0.3 is 4.40 Å². The van der Waals surface area contributed by atoms with Gasteiger partial charge in [-0.15, -0.1) is 0 Å². The molecule has 27 rings (SSSR count). The SMILES string of the molecule is [C-]#[N+]c1cc2c(c3c1C1(c4ccccc4-c4ccccc41)c1ccccc1C31c3ccccc3-c3ccccc31)c1cc(-c3ccc4c(c3)C3(c5ccccc5-c5ccccc53)c3ccccc3-4)cc3c4c5c(c(C#N)cc4n2c31)C1(c2ccccc2-c2ccccc21)c1ccccc1C51c2ccccc2-c2ccccc21. The van der Waals surface area contributed by atoms with Gasteiger partial charge in [-0.05, 0) is 219 Å². The molecule has 0 unspecified atom stereocenters. The lowest BCUT2D eigenvalue weighted by molar-refractivity contribution is 0.637. The van der Waals surface area contributed by atoms with E-state index < -0.39 is 27.1 Å². The summed E-state index contributed by atoms with van der Waals surface area (Å²) in [6, 6.07) is 139. The minimum absolute atomic E-state index is 0.597. The molecule has 510 valence electrons. The molecule has 17 aromatic carbocycles. The molecule has 112 heavy (non-hydrogen) atoms. The number of nitriles is 1. The smallest absolute Gasteiger partial charge is 0.194 e. The average Bonchev–Trinajstić information content (AvgIpc) is 1.44. The first-order chi connectivity index (χ1) is 55.5. The second-order valence-electron chi connectivity index (χ2n) is 32.2. The van der Waals surface area contributed by atoms with Crippen molar-refractivity contribution in [1.29, 1.82) is 5.26 Å². The van der Waals surface area contributed by atoms with Crippen molar-refractivity contribution in [1.82, 2.24) is 4.40 Å². The van der Waals surface area contributed by atoms with Gasteiger partial charge in [0.15, 0.2) is 5.69 Å².